The third-order valence-corrected chi connectivity index (χ3v) is 3.13. The molecule has 0 bridgehead atoms. The highest BCUT2D eigenvalue weighted by atomic mass is 16.6. The molecule has 0 saturated carbocycles. The maximum Gasteiger partial charge on any atom is 0.269 e. The highest BCUT2D eigenvalue weighted by molar-refractivity contribution is 5.80. The van der Waals surface area contributed by atoms with Crippen LogP contribution >= 0.6 is 0 Å². The molecule has 2 aromatic carbocycles. The van der Waals surface area contributed by atoms with E-state index in [1.54, 1.807) is 25.5 Å². The predicted molar refractivity (Wildman–Crippen MR) is 82.1 cm³/mol. The van der Waals surface area contributed by atoms with Crippen LogP contribution in [0.25, 0.3) is 0 Å². The fourth-order valence-corrected chi connectivity index (χ4v) is 1.87. The Morgan fingerprint density at radius 1 is 1.24 bits per heavy atom. The van der Waals surface area contributed by atoms with E-state index in [1.807, 2.05) is 31.2 Å². The first kappa shape index (κ1) is 14.7. The molecule has 2 aromatic rings. The molecule has 2 rings (SSSR count). The number of non-ortho nitro benzene ring substituents is 1. The van der Waals surface area contributed by atoms with E-state index >= 15 is 0 Å². The third kappa shape index (κ3) is 3.89. The second-order valence-corrected chi connectivity index (χ2v) is 4.58. The van der Waals surface area contributed by atoms with E-state index in [2.05, 4.69) is 4.99 Å². The Balaban J connectivity index is 2.10. The normalized spacial score (nSPS) is 12.3. The number of aliphatic imine (C=N–C) groups is 1. The number of ether oxygens (including phenoxy) is 1. The van der Waals surface area contributed by atoms with Crippen LogP contribution in [0.2, 0.25) is 0 Å². The monoisotopic (exact) mass is 284 g/mol. The van der Waals surface area contributed by atoms with Crippen LogP contribution in [0.1, 0.15) is 24.1 Å². The van der Waals surface area contributed by atoms with Crippen LogP contribution in [0.3, 0.4) is 0 Å². The van der Waals surface area contributed by atoms with Crippen LogP contribution in [0, 0.1) is 10.1 Å². The molecule has 0 aliphatic carbocycles. The minimum absolute atomic E-state index is 0.0182. The van der Waals surface area contributed by atoms with Crippen LogP contribution in [0.4, 0.5) is 5.69 Å². The van der Waals surface area contributed by atoms with Gasteiger partial charge in [-0.3, -0.25) is 15.1 Å². The molecule has 21 heavy (non-hydrogen) atoms. The van der Waals surface area contributed by atoms with Gasteiger partial charge in [0.25, 0.3) is 5.69 Å². The van der Waals surface area contributed by atoms with E-state index < -0.39 is 4.92 Å². The van der Waals surface area contributed by atoms with Gasteiger partial charge in [0.05, 0.1) is 18.1 Å². The molecule has 5 heteroatoms. The number of rotatable bonds is 5. The van der Waals surface area contributed by atoms with Crippen molar-refractivity contribution in [1.29, 1.82) is 0 Å². The molecule has 0 fully saturated rings. The Bertz CT molecular complexity index is 651. The van der Waals surface area contributed by atoms with Crippen LogP contribution in [0.5, 0.6) is 5.75 Å². The van der Waals surface area contributed by atoms with Crippen molar-refractivity contribution in [2.24, 2.45) is 4.99 Å². The molecule has 0 saturated heterocycles. The lowest BCUT2D eigenvalue weighted by atomic mass is 10.1. The first-order chi connectivity index (χ1) is 10.1. The zero-order valence-corrected chi connectivity index (χ0v) is 11.9. The molecule has 0 amide bonds. The summed E-state index contributed by atoms with van der Waals surface area (Å²) < 4.78 is 5.19. The zero-order valence-electron chi connectivity index (χ0n) is 11.9. The standard InChI is InChI=1S/C16H16N2O3/c1-12(14-4-3-5-16(10-14)21-2)17-11-13-6-8-15(9-7-13)18(19)20/h3-12H,1-2H3/t12-/m0/s1. The summed E-state index contributed by atoms with van der Waals surface area (Å²) in [5.41, 5.74) is 1.95. The number of nitrogens with zero attached hydrogens (tertiary/aromatic N) is 2. The molecule has 0 unspecified atom stereocenters. The van der Waals surface area contributed by atoms with Crippen molar-refractivity contribution in [2.45, 2.75) is 13.0 Å². The number of benzene rings is 2. The fraction of sp³-hybridized carbons (Fsp3) is 0.188. The molecule has 5 nitrogen and oxygen atoms in total. The Morgan fingerprint density at radius 2 is 1.95 bits per heavy atom. The molecule has 0 heterocycles. The summed E-state index contributed by atoms with van der Waals surface area (Å²) in [6, 6.07) is 14.0. The summed E-state index contributed by atoms with van der Waals surface area (Å²) in [4.78, 5) is 14.6. The second-order valence-electron chi connectivity index (χ2n) is 4.58. The van der Waals surface area contributed by atoms with E-state index in [9.17, 15) is 10.1 Å². The highest BCUT2D eigenvalue weighted by Gasteiger charge is 2.05. The lowest BCUT2D eigenvalue weighted by molar-refractivity contribution is -0.384. The molecule has 0 aliphatic heterocycles. The van der Waals surface area contributed by atoms with E-state index in [-0.39, 0.29) is 11.7 Å². The maximum absolute atomic E-state index is 10.6. The minimum atomic E-state index is -0.417. The van der Waals surface area contributed by atoms with E-state index in [0.717, 1.165) is 16.9 Å². The summed E-state index contributed by atoms with van der Waals surface area (Å²) in [5.74, 6) is 0.796. The Morgan fingerprint density at radius 3 is 2.57 bits per heavy atom. The van der Waals surface area contributed by atoms with Gasteiger partial charge >= 0.3 is 0 Å². The summed E-state index contributed by atoms with van der Waals surface area (Å²) >= 11 is 0. The SMILES string of the molecule is COc1cccc([C@H](C)N=Cc2ccc([N+](=O)[O-])cc2)c1. The number of hydrogen-bond donors (Lipinski definition) is 0. The van der Waals surface area contributed by atoms with Gasteiger partial charge in [0.2, 0.25) is 0 Å². The van der Waals surface area contributed by atoms with Crippen molar-refractivity contribution in [2.75, 3.05) is 7.11 Å². The van der Waals surface area contributed by atoms with E-state index in [1.165, 1.54) is 12.1 Å². The zero-order chi connectivity index (χ0) is 15.2. The summed E-state index contributed by atoms with van der Waals surface area (Å²) in [6.07, 6.45) is 1.72. The average Bonchev–Trinajstić information content (AvgIpc) is 2.53. The summed E-state index contributed by atoms with van der Waals surface area (Å²) in [5, 5.41) is 10.6. The van der Waals surface area contributed by atoms with Crippen LogP contribution in [-0.2, 0) is 0 Å². The summed E-state index contributed by atoms with van der Waals surface area (Å²) in [7, 11) is 1.63. The molecule has 0 aromatic heterocycles. The number of nitro benzene ring substituents is 1. The molecule has 108 valence electrons. The number of methoxy groups -OCH3 is 1. The predicted octanol–water partition coefficient (Wildman–Crippen LogP) is 3.78. The van der Waals surface area contributed by atoms with Crippen LogP contribution < -0.4 is 4.74 Å². The van der Waals surface area contributed by atoms with Gasteiger partial charge in [-0.1, -0.05) is 12.1 Å². The van der Waals surface area contributed by atoms with E-state index in [0.29, 0.717) is 0 Å². The van der Waals surface area contributed by atoms with Crippen molar-refractivity contribution in [3.8, 4) is 5.75 Å². The van der Waals surface area contributed by atoms with Gasteiger partial charge in [-0.2, -0.15) is 0 Å². The first-order valence-corrected chi connectivity index (χ1v) is 6.51. The minimum Gasteiger partial charge on any atom is -0.497 e. The highest BCUT2D eigenvalue weighted by Crippen LogP contribution is 2.21. The largest absolute Gasteiger partial charge is 0.497 e. The van der Waals surface area contributed by atoms with Gasteiger partial charge in [0.15, 0.2) is 0 Å². The lowest BCUT2D eigenvalue weighted by Gasteiger charge is -2.08. The van der Waals surface area contributed by atoms with Gasteiger partial charge < -0.3 is 4.74 Å². The topological polar surface area (TPSA) is 64.7 Å². The molecule has 0 spiro atoms. The molecular formula is C16H16N2O3. The fourth-order valence-electron chi connectivity index (χ4n) is 1.87. The average molecular weight is 284 g/mol. The lowest BCUT2D eigenvalue weighted by Crippen LogP contribution is -1.93. The van der Waals surface area contributed by atoms with Crippen molar-refractivity contribution >= 4 is 11.9 Å². The van der Waals surface area contributed by atoms with Crippen molar-refractivity contribution < 1.29 is 9.66 Å². The second kappa shape index (κ2) is 6.65. The number of nitro groups is 1. The van der Waals surface area contributed by atoms with Crippen LogP contribution in [0.15, 0.2) is 53.5 Å². The first-order valence-electron chi connectivity index (χ1n) is 6.51. The smallest absolute Gasteiger partial charge is 0.269 e. The van der Waals surface area contributed by atoms with Gasteiger partial charge in [0, 0.05) is 18.3 Å². The van der Waals surface area contributed by atoms with Crippen LogP contribution in [-0.4, -0.2) is 18.2 Å². The third-order valence-electron chi connectivity index (χ3n) is 3.13. The molecule has 0 aliphatic rings. The summed E-state index contributed by atoms with van der Waals surface area (Å²) in [6.45, 7) is 1.98. The Kier molecular flexibility index (Phi) is 4.66. The molecule has 0 radical (unpaired) electrons. The van der Waals surface area contributed by atoms with E-state index in [4.69, 9.17) is 4.74 Å². The maximum atomic E-state index is 10.6. The van der Waals surface area contributed by atoms with Crippen molar-refractivity contribution in [3.63, 3.8) is 0 Å². The molecule has 0 N–H and O–H groups in total. The molecule has 1 atom stereocenters. The van der Waals surface area contributed by atoms with Gasteiger partial charge in [0.1, 0.15) is 5.75 Å². The Hall–Kier alpha value is -2.69. The molecular weight excluding hydrogens is 268 g/mol. The Labute approximate surface area is 123 Å². The van der Waals surface area contributed by atoms with Gasteiger partial charge in [-0.25, -0.2) is 0 Å². The quantitative estimate of drug-likeness (QED) is 0.476. The van der Waals surface area contributed by atoms with Gasteiger partial charge in [-0.05, 0) is 42.3 Å². The van der Waals surface area contributed by atoms with Gasteiger partial charge in [-0.15, -0.1) is 0 Å². The van der Waals surface area contributed by atoms with Crippen molar-refractivity contribution in [1.82, 2.24) is 0 Å². The van der Waals surface area contributed by atoms with Crippen molar-refractivity contribution in [3.05, 3.63) is 69.8 Å². The number of hydrogen-bond acceptors (Lipinski definition) is 4.